The zero-order valence-electron chi connectivity index (χ0n) is 14.7. The van der Waals surface area contributed by atoms with Gasteiger partial charge in [0, 0.05) is 36.1 Å². The predicted octanol–water partition coefficient (Wildman–Crippen LogP) is 4.18. The lowest BCUT2D eigenvalue weighted by Gasteiger charge is -2.24. The molecule has 142 valence electrons. The standard InChI is InChI=1S/C20H16Cl2N4O2/c21-14-4-3-12(10-15(14)22)20(28)26-9-1-2-18(26)19(27)25-17-6-8-24-16-5-7-23-11-13(16)17/h3-8,10-11,18H,1-2,9H2,(H,24,25,27). The van der Waals surface area contributed by atoms with Crippen LogP contribution in [0.1, 0.15) is 23.2 Å². The molecule has 2 amide bonds. The van der Waals surface area contributed by atoms with Crippen molar-refractivity contribution in [2.24, 2.45) is 0 Å². The summed E-state index contributed by atoms with van der Waals surface area (Å²) in [6, 6.07) is 7.68. The molecule has 1 aliphatic rings. The summed E-state index contributed by atoms with van der Waals surface area (Å²) in [5, 5.41) is 4.36. The van der Waals surface area contributed by atoms with E-state index in [4.69, 9.17) is 23.2 Å². The molecule has 8 heteroatoms. The Balaban J connectivity index is 1.56. The largest absolute Gasteiger partial charge is 0.327 e. The van der Waals surface area contributed by atoms with Crippen LogP contribution in [0.4, 0.5) is 5.69 Å². The number of benzene rings is 1. The quantitative estimate of drug-likeness (QED) is 0.697. The molecule has 3 heterocycles. The number of nitrogens with zero attached hydrogens (tertiary/aromatic N) is 3. The molecular weight excluding hydrogens is 399 g/mol. The van der Waals surface area contributed by atoms with Gasteiger partial charge >= 0.3 is 0 Å². The minimum atomic E-state index is -0.554. The van der Waals surface area contributed by atoms with E-state index in [1.165, 1.54) is 6.07 Å². The van der Waals surface area contributed by atoms with E-state index in [0.29, 0.717) is 34.3 Å². The Labute approximate surface area is 171 Å². The Hall–Kier alpha value is -2.70. The number of amides is 2. The van der Waals surface area contributed by atoms with Crippen molar-refractivity contribution in [2.45, 2.75) is 18.9 Å². The van der Waals surface area contributed by atoms with Crippen LogP contribution < -0.4 is 5.32 Å². The lowest BCUT2D eigenvalue weighted by Crippen LogP contribution is -2.43. The van der Waals surface area contributed by atoms with E-state index in [-0.39, 0.29) is 11.8 Å². The number of pyridine rings is 2. The van der Waals surface area contributed by atoms with Crippen molar-refractivity contribution in [2.75, 3.05) is 11.9 Å². The van der Waals surface area contributed by atoms with Crippen molar-refractivity contribution >= 4 is 51.6 Å². The molecule has 1 N–H and O–H groups in total. The molecule has 1 fully saturated rings. The summed E-state index contributed by atoms with van der Waals surface area (Å²) in [6.07, 6.45) is 6.29. The number of nitrogens with one attached hydrogen (secondary N) is 1. The Kier molecular flexibility index (Phi) is 5.15. The second-order valence-electron chi connectivity index (χ2n) is 6.53. The molecule has 0 saturated carbocycles. The van der Waals surface area contributed by atoms with Gasteiger partial charge in [-0.3, -0.25) is 19.6 Å². The highest BCUT2D eigenvalue weighted by Gasteiger charge is 2.34. The van der Waals surface area contributed by atoms with E-state index in [1.807, 2.05) is 0 Å². The fourth-order valence-corrected chi connectivity index (χ4v) is 3.69. The predicted molar refractivity (Wildman–Crippen MR) is 109 cm³/mol. The van der Waals surface area contributed by atoms with Crippen molar-refractivity contribution in [3.05, 3.63) is 64.5 Å². The number of aromatic nitrogens is 2. The van der Waals surface area contributed by atoms with E-state index in [1.54, 1.807) is 47.8 Å². The molecule has 0 bridgehead atoms. The molecule has 0 radical (unpaired) electrons. The number of halogens is 2. The highest BCUT2D eigenvalue weighted by atomic mass is 35.5. The first-order chi connectivity index (χ1) is 13.5. The van der Waals surface area contributed by atoms with Crippen LogP contribution in [0.15, 0.2) is 48.9 Å². The van der Waals surface area contributed by atoms with Gasteiger partial charge in [0.25, 0.3) is 5.91 Å². The number of hydrogen-bond acceptors (Lipinski definition) is 4. The summed E-state index contributed by atoms with van der Waals surface area (Å²) in [5.41, 5.74) is 1.77. The molecule has 0 aliphatic carbocycles. The molecule has 0 spiro atoms. The highest BCUT2D eigenvalue weighted by molar-refractivity contribution is 6.42. The zero-order valence-corrected chi connectivity index (χ0v) is 16.2. The molecule has 1 aromatic carbocycles. The Morgan fingerprint density at radius 2 is 1.96 bits per heavy atom. The summed E-state index contributed by atoms with van der Waals surface area (Å²) in [5.74, 6) is -0.472. The van der Waals surface area contributed by atoms with Gasteiger partial charge in [0.05, 0.1) is 21.2 Å². The average Bonchev–Trinajstić information content (AvgIpc) is 3.20. The van der Waals surface area contributed by atoms with Gasteiger partial charge in [0.15, 0.2) is 0 Å². The maximum atomic E-state index is 12.9. The van der Waals surface area contributed by atoms with E-state index in [2.05, 4.69) is 15.3 Å². The number of carbonyl (C=O) groups is 2. The second-order valence-corrected chi connectivity index (χ2v) is 7.34. The maximum Gasteiger partial charge on any atom is 0.254 e. The van der Waals surface area contributed by atoms with Crippen molar-refractivity contribution in [3.8, 4) is 0 Å². The maximum absolute atomic E-state index is 12.9. The van der Waals surface area contributed by atoms with Gasteiger partial charge in [-0.2, -0.15) is 0 Å². The third-order valence-corrected chi connectivity index (χ3v) is 5.52. The Morgan fingerprint density at radius 3 is 2.79 bits per heavy atom. The van der Waals surface area contributed by atoms with Crippen molar-refractivity contribution in [3.63, 3.8) is 0 Å². The first kappa shape index (κ1) is 18.7. The van der Waals surface area contributed by atoms with Gasteiger partial charge in [0.1, 0.15) is 6.04 Å². The summed E-state index contributed by atoms with van der Waals surface area (Å²) < 4.78 is 0. The normalized spacial score (nSPS) is 16.4. The van der Waals surface area contributed by atoms with Crippen LogP contribution in [0.2, 0.25) is 10.0 Å². The molecule has 6 nitrogen and oxygen atoms in total. The van der Waals surface area contributed by atoms with E-state index < -0.39 is 6.04 Å². The average molecular weight is 415 g/mol. The fourth-order valence-electron chi connectivity index (χ4n) is 3.39. The third-order valence-electron chi connectivity index (χ3n) is 4.78. The van der Waals surface area contributed by atoms with Gasteiger partial charge < -0.3 is 10.2 Å². The molecule has 1 saturated heterocycles. The van der Waals surface area contributed by atoms with Crippen LogP contribution in [-0.2, 0) is 4.79 Å². The molecule has 3 aromatic rings. The zero-order chi connectivity index (χ0) is 19.7. The van der Waals surface area contributed by atoms with Gasteiger partial charge in [0.2, 0.25) is 5.91 Å². The summed E-state index contributed by atoms with van der Waals surface area (Å²) >= 11 is 12.0. The van der Waals surface area contributed by atoms with Gasteiger partial charge in [-0.05, 0) is 43.2 Å². The molecule has 1 aliphatic heterocycles. The van der Waals surface area contributed by atoms with Crippen LogP contribution in [0, 0.1) is 0 Å². The van der Waals surface area contributed by atoms with Crippen LogP contribution >= 0.6 is 23.2 Å². The van der Waals surface area contributed by atoms with Gasteiger partial charge in [-0.1, -0.05) is 23.2 Å². The van der Waals surface area contributed by atoms with Crippen LogP contribution in [0.5, 0.6) is 0 Å². The first-order valence-corrected chi connectivity index (χ1v) is 9.56. The van der Waals surface area contributed by atoms with Crippen LogP contribution in [0.25, 0.3) is 10.9 Å². The van der Waals surface area contributed by atoms with Crippen molar-refractivity contribution in [1.82, 2.24) is 14.9 Å². The Morgan fingerprint density at radius 1 is 1.11 bits per heavy atom. The monoisotopic (exact) mass is 414 g/mol. The molecular formula is C20H16Cl2N4O2. The molecule has 1 unspecified atom stereocenters. The third kappa shape index (κ3) is 3.53. The number of likely N-dealkylation sites (tertiary alicyclic amines) is 1. The molecule has 2 aromatic heterocycles. The first-order valence-electron chi connectivity index (χ1n) is 8.80. The summed E-state index contributed by atoms with van der Waals surface area (Å²) in [4.78, 5) is 35.8. The van der Waals surface area contributed by atoms with Crippen molar-refractivity contribution in [1.29, 1.82) is 0 Å². The number of hydrogen-bond donors (Lipinski definition) is 1. The highest BCUT2D eigenvalue weighted by Crippen LogP contribution is 2.27. The van der Waals surface area contributed by atoms with Gasteiger partial charge in [-0.15, -0.1) is 0 Å². The number of anilines is 1. The van der Waals surface area contributed by atoms with Crippen LogP contribution in [0.3, 0.4) is 0 Å². The van der Waals surface area contributed by atoms with Crippen LogP contribution in [-0.4, -0.2) is 39.3 Å². The topological polar surface area (TPSA) is 75.2 Å². The lowest BCUT2D eigenvalue weighted by atomic mass is 10.1. The lowest BCUT2D eigenvalue weighted by molar-refractivity contribution is -0.119. The molecule has 4 rings (SSSR count). The minimum Gasteiger partial charge on any atom is -0.327 e. The number of rotatable bonds is 3. The Bertz CT molecular complexity index is 1070. The fraction of sp³-hybridized carbons (Fsp3) is 0.200. The van der Waals surface area contributed by atoms with Gasteiger partial charge in [-0.25, -0.2) is 0 Å². The summed E-state index contributed by atoms with van der Waals surface area (Å²) in [7, 11) is 0. The van der Waals surface area contributed by atoms with Crippen molar-refractivity contribution < 1.29 is 9.59 Å². The number of fused-ring (bicyclic) bond motifs is 1. The smallest absolute Gasteiger partial charge is 0.254 e. The van der Waals surface area contributed by atoms with E-state index in [9.17, 15) is 9.59 Å². The summed E-state index contributed by atoms with van der Waals surface area (Å²) in [6.45, 7) is 0.510. The number of carbonyl (C=O) groups excluding carboxylic acids is 2. The minimum absolute atomic E-state index is 0.234. The second kappa shape index (κ2) is 7.73. The molecule has 1 atom stereocenters. The van der Waals surface area contributed by atoms with E-state index in [0.717, 1.165) is 17.3 Å². The van der Waals surface area contributed by atoms with E-state index >= 15 is 0 Å². The SMILES string of the molecule is O=C(Nc1ccnc2ccncc12)C1CCCN1C(=O)c1ccc(Cl)c(Cl)c1. The molecule has 28 heavy (non-hydrogen) atoms.